The van der Waals surface area contributed by atoms with E-state index in [9.17, 15) is 15.0 Å². The molecule has 0 aromatic heterocycles. The van der Waals surface area contributed by atoms with Gasteiger partial charge in [-0.05, 0) is 73.1 Å². The van der Waals surface area contributed by atoms with Crippen LogP contribution in [0.4, 0.5) is 0 Å². The van der Waals surface area contributed by atoms with Crippen molar-refractivity contribution in [3.05, 3.63) is 46.6 Å². The Balaban J connectivity index is 4.17. The molecule has 3 N–H and O–H groups in total. The molecule has 0 bridgehead atoms. The Morgan fingerprint density at radius 1 is 0.793 bits per heavy atom. The van der Waals surface area contributed by atoms with Crippen molar-refractivity contribution in [2.24, 2.45) is 0 Å². The van der Waals surface area contributed by atoms with Gasteiger partial charge < -0.3 is 20.1 Å². The van der Waals surface area contributed by atoms with Gasteiger partial charge in [-0.1, -0.05) is 40.5 Å². The number of hydrogen-bond donors (Lipinski definition) is 3. The molecule has 0 saturated carbocycles. The molecule has 2 atom stereocenters. The second-order valence-electron chi connectivity index (χ2n) is 7.94. The van der Waals surface area contributed by atoms with E-state index in [1.165, 1.54) is 22.8 Å². The van der Waals surface area contributed by atoms with E-state index in [0.29, 0.717) is 0 Å². The lowest BCUT2D eigenvalue weighted by Crippen LogP contribution is -2.33. The van der Waals surface area contributed by atoms with Crippen molar-refractivity contribution in [2.75, 3.05) is 13.2 Å². The molecule has 0 aromatic rings. The highest BCUT2D eigenvalue weighted by atomic mass is 16.5. The summed E-state index contributed by atoms with van der Waals surface area (Å²) in [5.41, 5.74) is 5.04. The summed E-state index contributed by atoms with van der Waals surface area (Å²) in [5, 5.41) is 27.4. The number of aliphatic hydroxyl groups excluding tert-OH is 3. The van der Waals surface area contributed by atoms with Crippen molar-refractivity contribution in [1.29, 1.82) is 0 Å². The van der Waals surface area contributed by atoms with Crippen molar-refractivity contribution in [3.8, 4) is 0 Å². The van der Waals surface area contributed by atoms with Gasteiger partial charge in [0.15, 0.2) is 0 Å². The number of aliphatic hydroxyl groups is 3. The number of carbonyl (C=O) groups is 1. The van der Waals surface area contributed by atoms with Crippen LogP contribution in [0.15, 0.2) is 46.6 Å². The first-order valence-corrected chi connectivity index (χ1v) is 10.4. The summed E-state index contributed by atoms with van der Waals surface area (Å²) in [6, 6.07) is 0. The van der Waals surface area contributed by atoms with Crippen molar-refractivity contribution < 1.29 is 24.9 Å². The molecular formula is C24H40O5. The summed E-state index contributed by atoms with van der Waals surface area (Å²) in [7, 11) is 0. The molecule has 29 heavy (non-hydrogen) atoms. The average Bonchev–Trinajstić information content (AvgIpc) is 2.65. The van der Waals surface area contributed by atoms with E-state index in [0.717, 1.165) is 44.1 Å². The second kappa shape index (κ2) is 16.1. The zero-order valence-electron chi connectivity index (χ0n) is 18.8. The molecule has 5 nitrogen and oxygen atoms in total. The molecular weight excluding hydrogens is 368 g/mol. The van der Waals surface area contributed by atoms with Crippen LogP contribution < -0.4 is 0 Å². The van der Waals surface area contributed by atoms with Gasteiger partial charge in [-0.2, -0.15) is 0 Å². The van der Waals surface area contributed by atoms with Crippen LogP contribution in [0.1, 0.15) is 73.1 Å². The topological polar surface area (TPSA) is 87.0 Å². The Morgan fingerprint density at radius 2 is 1.28 bits per heavy atom. The summed E-state index contributed by atoms with van der Waals surface area (Å²) < 4.78 is 4.88. The van der Waals surface area contributed by atoms with Gasteiger partial charge in [0.05, 0.1) is 6.61 Å². The SMILES string of the molecule is CC(C)=CCC/C(C)=C/CC/C(C)=C/CC/C(C)=C/C(=O)OCC(O)C(O)CO. The fourth-order valence-corrected chi connectivity index (χ4v) is 2.60. The van der Waals surface area contributed by atoms with E-state index in [1.54, 1.807) is 0 Å². The number of allylic oxidation sites excluding steroid dienone is 7. The smallest absolute Gasteiger partial charge is 0.330 e. The molecule has 0 fully saturated rings. The summed E-state index contributed by atoms with van der Waals surface area (Å²) in [4.78, 5) is 11.7. The molecule has 0 aliphatic rings. The van der Waals surface area contributed by atoms with Crippen molar-refractivity contribution in [1.82, 2.24) is 0 Å². The molecule has 0 saturated heterocycles. The summed E-state index contributed by atoms with van der Waals surface area (Å²) in [6.45, 7) is 9.52. The van der Waals surface area contributed by atoms with Crippen molar-refractivity contribution in [3.63, 3.8) is 0 Å². The molecule has 0 aliphatic carbocycles. The molecule has 0 rings (SSSR count). The number of esters is 1. The average molecular weight is 409 g/mol. The van der Waals surface area contributed by atoms with Gasteiger partial charge in [0.25, 0.3) is 0 Å². The first-order valence-electron chi connectivity index (χ1n) is 10.4. The lowest BCUT2D eigenvalue weighted by molar-refractivity contribution is -0.143. The van der Waals surface area contributed by atoms with Crippen LogP contribution >= 0.6 is 0 Å². The number of hydrogen-bond acceptors (Lipinski definition) is 5. The van der Waals surface area contributed by atoms with Crippen LogP contribution in [-0.4, -0.2) is 46.7 Å². The van der Waals surface area contributed by atoms with Crippen LogP contribution in [0.2, 0.25) is 0 Å². The van der Waals surface area contributed by atoms with Crippen LogP contribution in [-0.2, 0) is 9.53 Å². The highest BCUT2D eigenvalue weighted by molar-refractivity contribution is 5.82. The summed E-state index contributed by atoms with van der Waals surface area (Å²) in [5.74, 6) is -0.555. The number of ether oxygens (including phenoxy) is 1. The minimum atomic E-state index is -1.31. The summed E-state index contributed by atoms with van der Waals surface area (Å²) in [6.07, 6.45) is 11.5. The maximum atomic E-state index is 11.7. The Bertz CT molecular complexity index is 594. The quantitative estimate of drug-likeness (QED) is 0.225. The maximum Gasteiger partial charge on any atom is 0.330 e. The van der Waals surface area contributed by atoms with Crippen LogP contribution in [0.25, 0.3) is 0 Å². The third kappa shape index (κ3) is 15.9. The molecule has 0 spiro atoms. The molecule has 0 aliphatic heterocycles. The third-order valence-electron chi connectivity index (χ3n) is 4.55. The lowest BCUT2D eigenvalue weighted by atomic mass is 10.0. The van der Waals surface area contributed by atoms with Gasteiger partial charge in [0, 0.05) is 6.08 Å². The molecule has 0 aromatic carbocycles. The van der Waals surface area contributed by atoms with Crippen LogP contribution in [0.5, 0.6) is 0 Å². The first kappa shape index (κ1) is 27.3. The molecule has 0 radical (unpaired) electrons. The molecule has 166 valence electrons. The van der Waals surface area contributed by atoms with E-state index in [2.05, 4.69) is 45.9 Å². The number of rotatable bonds is 14. The van der Waals surface area contributed by atoms with Gasteiger partial charge >= 0.3 is 5.97 Å². The summed E-state index contributed by atoms with van der Waals surface area (Å²) >= 11 is 0. The molecule has 0 heterocycles. The van der Waals surface area contributed by atoms with Gasteiger partial charge in [0.2, 0.25) is 0 Å². The van der Waals surface area contributed by atoms with Crippen molar-refractivity contribution in [2.45, 2.75) is 85.4 Å². The minimum Gasteiger partial charge on any atom is -0.460 e. The van der Waals surface area contributed by atoms with Crippen molar-refractivity contribution >= 4 is 5.97 Å². The zero-order chi connectivity index (χ0) is 22.2. The monoisotopic (exact) mass is 408 g/mol. The predicted molar refractivity (Wildman–Crippen MR) is 118 cm³/mol. The Morgan fingerprint density at radius 3 is 1.76 bits per heavy atom. The van der Waals surface area contributed by atoms with E-state index < -0.39 is 24.8 Å². The standard InChI is InChI=1S/C24H40O5/c1-18(2)9-6-10-19(3)11-7-12-20(4)13-8-14-21(5)15-24(28)29-17-23(27)22(26)16-25/h9,11,13,15,22-23,25-27H,6-8,10,12,14,16-17H2,1-5H3/b19-11+,20-13+,21-15+. The van der Waals surface area contributed by atoms with Gasteiger partial charge in [-0.3, -0.25) is 0 Å². The normalized spacial score (nSPS) is 15.1. The fraction of sp³-hybridized carbons (Fsp3) is 0.625. The number of carbonyl (C=O) groups excluding carboxylic acids is 1. The van der Waals surface area contributed by atoms with Gasteiger partial charge in [0.1, 0.15) is 18.8 Å². The highest BCUT2D eigenvalue weighted by Crippen LogP contribution is 2.13. The van der Waals surface area contributed by atoms with E-state index in [1.807, 2.05) is 6.92 Å². The Kier molecular flexibility index (Phi) is 15.2. The Hall–Kier alpha value is -1.69. The predicted octanol–water partition coefficient (Wildman–Crippen LogP) is 4.39. The highest BCUT2D eigenvalue weighted by Gasteiger charge is 2.16. The Labute approximate surface area is 176 Å². The van der Waals surface area contributed by atoms with E-state index in [4.69, 9.17) is 9.84 Å². The molecule has 5 heteroatoms. The van der Waals surface area contributed by atoms with E-state index >= 15 is 0 Å². The lowest BCUT2D eigenvalue weighted by Gasteiger charge is -2.14. The zero-order valence-corrected chi connectivity index (χ0v) is 18.8. The first-order chi connectivity index (χ1) is 13.6. The van der Waals surface area contributed by atoms with E-state index in [-0.39, 0.29) is 6.61 Å². The maximum absolute atomic E-state index is 11.7. The largest absolute Gasteiger partial charge is 0.460 e. The fourth-order valence-electron chi connectivity index (χ4n) is 2.60. The molecule has 2 unspecified atom stereocenters. The van der Waals surface area contributed by atoms with Gasteiger partial charge in [-0.25, -0.2) is 4.79 Å². The van der Waals surface area contributed by atoms with Crippen LogP contribution in [0, 0.1) is 0 Å². The van der Waals surface area contributed by atoms with Crippen LogP contribution in [0.3, 0.4) is 0 Å². The third-order valence-corrected chi connectivity index (χ3v) is 4.55. The second-order valence-corrected chi connectivity index (χ2v) is 7.94. The van der Waals surface area contributed by atoms with Gasteiger partial charge in [-0.15, -0.1) is 0 Å². The molecule has 0 amide bonds. The minimum absolute atomic E-state index is 0.343.